The van der Waals surface area contributed by atoms with E-state index in [0.717, 1.165) is 11.1 Å². The maximum Gasteiger partial charge on any atom is 1.00 e. The molecule has 82 valence electrons. The summed E-state index contributed by atoms with van der Waals surface area (Å²) in [6.45, 7) is 6.12. The van der Waals surface area contributed by atoms with Gasteiger partial charge in [0.1, 0.15) is 0 Å². The molecule has 0 unspecified atom stereocenters. The van der Waals surface area contributed by atoms with Crippen molar-refractivity contribution in [2.24, 2.45) is 0 Å². The molecule has 2 rings (SSSR count). The van der Waals surface area contributed by atoms with Crippen molar-refractivity contribution in [2.45, 2.75) is 39.8 Å². The van der Waals surface area contributed by atoms with E-state index < -0.39 is 5.79 Å². The molecular formula is C11H14NNaO3. The van der Waals surface area contributed by atoms with Crippen LogP contribution in [0.25, 0.3) is 0 Å². The summed E-state index contributed by atoms with van der Waals surface area (Å²) in [5.74, 6) is -0.447. The Bertz CT molecular complexity index is 393. The Morgan fingerprint density at radius 1 is 1.31 bits per heavy atom. The number of aromatic nitrogens is 1. The van der Waals surface area contributed by atoms with E-state index in [1.54, 1.807) is 6.92 Å². The number of ether oxygens (including phenoxy) is 2. The molecule has 1 aromatic heterocycles. The van der Waals surface area contributed by atoms with Crippen LogP contribution in [0.1, 0.15) is 30.7 Å². The Morgan fingerprint density at radius 3 is 2.62 bits per heavy atom. The number of hydrogen-bond donors (Lipinski definition) is 1. The zero-order valence-electron chi connectivity index (χ0n) is 10.1. The fraction of sp³-hybridized carbons (Fsp3) is 0.545. The molecule has 1 N–H and O–H groups in total. The van der Waals surface area contributed by atoms with Gasteiger partial charge in [-0.2, -0.15) is 0 Å². The molecule has 0 saturated carbocycles. The van der Waals surface area contributed by atoms with Crippen LogP contribution in [-0.4, -0.2) is 15.9 Å². The van der Waals surface area contributed by atoms with Crippen molar-refractivity contribution in [3.63, 3.8) is 0 Å². The van der Waals surface area contributed by atoms with Crippen LogP contribution in [0.3, 0.4) is 0 Å². The van der Waals surface area contributed by atoms with Gasteiger partial charge < -0.3 is 19.6 Å². The maximum atomic E-state index is 9.82. The number of aromatic hydroxyl groups is 1. The quantitative estimate of drug-likeness (QED) is 0.444. The molecule has 16 heavy (non-hydrogen) atoms. The monoisotopic (exact) mass is 231 g/mol. The van der Waals surface area contributed by atoms with Crippen LogP contribution in [0.4, 0.5) is 0 Å². The van der Waals surface area contributed by atoms with Gasteiger partial charge >= 0.3 is 29.6 Å². The van der Waals surface area contributed by atoms with Gasteiger partial charge in [-0.05, 0) is 19.5 Å². The molecule has 1 aromatic rings. The minimum atomic E-state index is -0.632. The first-order chi connectivity index (χ1) is 6.99. The van der Waals surface area contributed by atoms with Crippen LogP contribution in [0.15, 0.2) is 0 Å². The van der Waals surface area contributed by atoms with Crippen molar-refractivity contribution in [1.29, 1.82) is 0 Å². The Balaban J connectivity index is 0.00000128. The minimum Gasteiger partial charge on any atom is -0.531 e. The third-order valence-electron chi connectivity index (χ3n) is 2.48. The van der Waals surface area contributed by atoms with Crippen molar-refractivity contribution in [3.8, 4) is 5.75 Å². The van der Waals surface area contributed by atoms with Gasteiger partial charge in [-0.15, -0.1) is 5.56 Å². The van der Waals surface area contributed by atoms with Crippen LogP contribution >= 0.6 is 0 Å². The Labute approximate surface area is 117 Å². The molecule has 0 spiro atoms. The molecular weight excluding hydrogens is 217 g/mol. The second-order valence-corrected chi connectivity index (χ2v) is 4.09. The second-order valence-electron chi connectivity index (χ2n) is 4.09. The largest absolute Gasteiger partial charge is 1.00 e. The SMILES string of the molecule is Cc1n[c-]c2c(c1O)COC(C)(C)OC2.[Na+]. The topological polar surface area (TPSA) is 51.6 Å². The molecule has 0 bridgehead atoms. The normalized spacial score (nSPS) is 18.2. The third-order valence-corrected chi connectivity index (χ3v) is 2.48. The molecule has 0 atom stereocenters. The molecule has 5 heteroatoms. The van der Waals surface area contributed by atoms with E-state index in [1.165, 1.54) is 0 Å². The number of pyridine rings is 1. The van der Waals surface area contributed by atoms with E-state index in [4.69, 9.17) is 9.47 Å². The van der Waals surface area contributed by atoms with Gasteiger partial charge in [-0.1, -0.05) is 18.7 Å². The summed E-state index contributed by atoms with van der Waals surface area (Å²) in [4.78, 5) is 3.97. The predicted molar refractivity (Wildman–Crippen MR) is 53.1 cm³/mol. The van der Waals surface area contributed by atoms with Crippen LogP contribution in [0, 0.1) is 13.1 Å². The summed E-state index contributed by atoms with van der Waals surface area (Å²) in [6.07, 6.45) is 2.86. The first-order valence-electron chi connectivity index (χ1n) is 4.86. The summed E-state index contributed by atoms with van der Waals surface area (Å²) < 4.78 is 11.0. The number of nitrogens with zero attached hydrogens (tertiary/aromatic N) is 1. The summed E-state index contributed by atoms with van der Waals surface area (Å²) in [5, 5.41) is 9.82. The van der Waals surface area contributed by atoms with E-state index in [1.807, 2.05) is 13.8 Å². The maximum absolute atomic E-state index is 9.82. The molecule has 0 radical (unpaired) electrons. The van der Waals surface area contributed by atoms with Gasteiger partial charge in [0.2, 0.25) is 0 Å². The molecule has 0 amide bonds. The van der Waals surface area contributed by atoms with Gasteiger partial charge in [0.15, 0.2) is 5.79 Å². The van der Waals surface area contributed by atoms with Crippen LogP contribution < -0.4 is 29.6 Å². The van der Waals surface area contributed by atoms with E-state index in [0.29, 0.717) is 18.9 Å². The van der Waals surface area contributed by atoms with Gasteiger partial charge in [-0.25, -0.2) is 0 Å². The number of rotatable bonds is 0. The smallest absolute Gasteiger partial charge is 0.531 e. The number of hydrogen-bond acceptors (Lipinski definition) is 4. The predicted octanol–water partition coefficient (Wildman–Crippen LogP) is -1.32. The zero-order valence-corrected chi connectivity index (χ0v) is 12.1. The van der Waals surface area contributed by atoms with E-state index in [2.05, 4.69) is 11.2 Å². The fourth-order valence-corrected chi connectivity index (χ4v) is 1.44. The fourth-order valence-electron chi connectivity index (χ4n) is 1.44. The Morgan fingerprint density at radius 2 is 1.94 bits per heavy atom. The average molecular weight is 231 g/mol. The first kappa shape index (κ1) is 13.9. The van der Waals surface area contributed by atoms with Crippen LogP contribution in [0.5, 0.6) is 5.75 Å². The number of fused-ring (bicyclic) bond motifs is 1. The van der Waals surface area contributed by atoms with Crippen molar-refractivity contribution in [3.05, 3.63) is 23.0 Å². The summed E-state index contributed by atoms with van der Waals surface area (Å²) in [7, 11) is 0. The van der Waals surface area contributed by atoms with Gasteiger partial charge in [0, 0.05) is 12.4 Å². The molecule has 0 saturated heterocycles. The Kier molecular flexibility index (Phi) is 4.37. The molecule has 0 aromatic carbocycles. The molecule has 1 aliphatic heterocycles. The molecule has 0 fully saturated rings. The van der Waals surface area contributed by atoms with Crippen molar-refractivity contribution < 1.29 is 44.1 Å². The van der Waals surface area contributed by atoms with Gasteiger partial charge in [0.25, 0.3) is 0 Å². The molecule has 0 aliphatic carbocycles. The molecule has 4 nitrogen and oxygen atoms in total. The van der Waals surface area contributed by atoms with Crippen molar-refractivity contribution in [1.82, 2.24) is 4.98 Å². The van der Waals surface area contributed by atoms with E-state index >= 15 is 0 Å². The van der Waals surface area contributed by atoms with Crippen LogP contribution in [0.2, 0.25) is 0 Å². The third kappa shape index (κ3) is 2.76. The standard InChI is InChI=1S/C11H14NO3.Na/c1-7-10(13)9-6-15-11(2,3)14-5-8(9)4-12-7;/h13H,5-6H2,1-3H3;/q-1;+1. The molecule has 1 aliphatic rings. The van der Waals surface area contributed by atoms with Gasteiger partial charge in [0.05, 0.1) is 6.61 Å². The Hall–Kier alpha value is -0.130. The van der Waals surface area contributed by atoms with Crippen LogP contribution in [-0.2, 0) is 22.7 Å². The van der Waals surface area contributed by atoms with E-state index in [9.17, 15) is 5.11 Å². The zero-order chi connectivity index (χ0) is 11.1. The minimum absolute atomic E-state index is 0. The molecule has 2 heterocycles. The van der Waals surface area contributed by atoms with Gasteiger partial charge in [-0.3, -0.25) is 0 Å². The number of aryl methyl sites for hydroxylation is 1. The summed E-state index contributed by atoms with van der Waals surface area (Å²) >= 11 is 0. The average Bonchev–Trinajstić information content (AvgIpc) is 2.32. The van der Waals surface area contributed by atoms with Crippen molar-refractivity contribution in [2.75, 3.05) is 0 Å². The van der Waals surface area contributed by atoms with Crippen molar-refractivity contribution >= 4 is 0 Å². The summed E-state index contributed by atoms with van der Waals surface area (Å²) in [5.41, 5.74) is 2.06. The first-order valence-corrected chi connectivity index (χ1v) is 4.86. The summed E-state index contributed by atoms with van der Waals surface area (Å²) in [6, 6.07) is 0. The second kappa shape index (κ2) is 5.02. The van der Waals surface area contributed by atoms with E-state index in [-0.39, 0.29) is 35.3 Å².